The SMILES string of the molecule is CCC1CCCCC1(C#N)N1CCOCC1. The Bertz CT molecular complexity index is 268. The van der Waals surface area contributed by atoms with E-state index in [9.17, 15) is 5.26 Å². The number of rotatable bonds is 2. The van der Waals surface area contributed by atoms with Gasteiger partial charge in [0.15, 0.2) is 0 Å². The van der Waals surface area contributed by atoms with Crippen molar-refractivity contribution in [3.8, 4) is 6.07 Å². The fourth-order valence-corrected chi connectivity index (χ4v) is 3.37. The van der Waals surface area contributed by atoms with Crippen molar-refractivity contribution in [2.24, 2.45) is 5.92 Å². The third kappa shape index (κ3) is 1.97. The summed E-state index contributed by atoms with van der Waals surface area (Å²) in [5.74, 6) is 0.560. The second-order valence-electron chi connectivity index (χ2n) is 4.99. The molecular formula is C13H22N2O. The highest BCUT2D eigenvalue weighted by molar-refractivity contribution is 5.13. The Morgan fingerprint density at radius 2 is 2.12 bits per heavy atom. The van der Waals surface area contributed by atoms with E-state index in [-0.39, 0.29) is 5.54 Å². The highest BCUT2D eigenvalue weighted by atomic mass is 16.5. The molecule has 1 heterocycles. The first-order valence-corrected chi connectivity index (χ1v) is 6.57. The topological polar surface area (TPSA) is 36.3 Å². The number of hydrogen-bond donors (Lipinski definition) is 0. The Morgan fingerprint density at radius 3 is 2.75 bits per heavy atom. The molecule has 0 radical (unpaired) electrons. The second kappa shape index (κ2) is 5.16. The predicted molar refractivity (Wildman–Crippen MR) is 63.0 cm³/mol. The molecule has 0 aromatic carbocycles. The zero-order chi connectivity index (χ0) is 11.4. The Balaban J connectivity index is 2.17. The minimum atomic E-state index is -0.184. The lowest BCUT2D eigenvalue weighted by Gasteiger charge is -2.48. The summed E-state index contributed by atoms with van der Waals surface area (Å²) in [5, 5.41) is 9.66. The summed E-state index contributed by atoms with van der Waals surface area (Å²) in [6.45, 7) is 5.68. The lowest BCUT2D eigenvalue weighted by molar-refractivity contribution is -0.0374. The minimum absolute atomic E-state index is 0.184. The fraction of sp³-hybridized carbons (Fsp3) is 0.923. The molecule has 0 bridgehead atoms. The largest absolute Gasteiger partial charge is 0.379 e. The van der Waals surface area contributed by atoms with Gasteiger partial charge in [-0.25, -0.2) is 0 Å². The molecule has 2 rings (SSSR count). The van der Waals surface area contributed by atoms with Gasteiger partial charge in [-0.3, -0.25) is 4.90 Å². The molecule has 2 unspecified atom stereocenters. The summed E-state index contributed by atoms with van der Waals surface area (Å²) in [5.41, 5.74) is -0.184. The molecule has 0 aromatic rings. The van der Waals surface area contributed by atoms with Gasteiger partial charge in [-0.2, -0.15) is 5.26 Å². The second-order valence-corrected chi connectivity index (χ2v) is 4.99. The molecule has 1 aliphatic carbocycles. The number of hydrogen-bond acceptors (Lipinski definition) is 3. The maximum atomic E-state index is 9.66. The summed E-state index contributed by atoms with van der Waals surface area (Å²) in [6, 6.07) is 2.66. The number of ether oxygens (including phenoxy) is 1. The van der Waals surface area contributed by atoms with Crippen LogP contribution >= 0.6 is 0 Å². The molecule has 16 heavy (non-hydrogen) atoms. The summed E-state index contributed by atoms with van der Waals surface area (Å²) in [6.07, 6.45) is 5.92. The van der Waals surface area contributed by atoms with E-state index in [1.54, 1.807) is 0 Å². The summed E-state index contributed by atoms with van der Waals surface area (Å²) >= 11 is 0. The zero-order valence-electron chi connectivity index (χ0n) is 10.2. The van der Waals surface area contributed by atoms with E-state index in [0.717, 1.165) is 39.1 Å². The Labute approximate surface area is 98.4 Å². The lowest BCUT2D eigenvalue weighted by Crippen LogP contribution is -2.57. The molecule has 0 N–H and O–H groups in total. The van der Waals surface area contributed by atoms with Gasteiger partial charge in [0.2, 0.25) is 0 Å². The van der Waals surface area contributed by atoms with Crippen LogP contribution in [-0.2, 0) is 4.74 Å². The van der Waals surface area contributed by atoms with E-state index >= 15 is 0 Å². The molecule has 3 heteroatoms. The van der Waals surface area contributed by atoms with Gasteiger partial charge in [0.1, 0.15) is 5.54 Å². The molecule has 3 nitrogen and oxygen atoms in total. The van der Waals surface area contributed by atoms with Crippen LogP contribution in [0, 0.1) is 17.2 Å². The summed E-state index contributed by atoms with van der Waals surface area (Å²) in [4.78, 5) is 2.39. The molecule has 2 fully saturated rings. The molecule has 2 atom stereocenters. The van der Waals surface area contributed by atoms with E-state index in [1.165, 1.54) is 19.3 Å². The molecule has 1 saturated heterocycles. The fourth-order valence-electron chi connectivity index (χ4n) is 3.37. The van der Waals surface area contributed by atoms with Crippen LogP contribution < -0.4 is 0 Å². The summed E-state index contributed by atoms with van der Waals surface area (Å²) < 4.78 is 5.40. The van der Waals surface area contributed by atoms with Crippen molar-refractivity contribution in [1.82, 2.24) is 4.90 Å². The van der Waals surface area contributed by atoms with Crippen LogP contribution in [0.1, 0.15) is 39.0 Å². The first kappa shape index (κ1) is 11.9. The lowest BCUT2D eigenvalue weighted by atomic mass is 9.71. The molecule has 0 amide bonds. The minimum Gasteiger partial charge on any atom is -0.379 e. The highest BCUT2D eigenvalue weighted by Gasteiger charge is 2.45. The third-order valence-electron chi connectivity index (χ3n) is 4.30. The van der Waals surface area contributed by atoms with E-state index < -0.39 is 0 Å². The van der Waals surface area contributed by atoms with Crippen molar-refractivity contribution in [2.75, 3.05) is 26.3 Å². The molecule has 2 aliphatic rings. The first-order valence-electron chi connectivity index (χ1n) is 6.57. The van der Waals surface area contributed by atoms with Crippen molar-refractivity contribution < 1.29 is 4.74 Å². The van der Waals surface area contributed by atoms with Crippen molar-refractivity contribution in [2.45, 2.75) is 44.6 Å². The van der Waals surface area contributed by atoms with Gasteiger partial charge in [0.05, 0.1) is 19.3 Å². The van der Waals surface area contributed by atoms with Gasteiger partial charge < -0.3 is 4.74 Å². The van der Waals surface area contributed by atoms with Gasteiger partial charge in [-0.15, -0.1) is 0 Å². The zero-order valence-corrected chi connectivity index (χ0v) is 10.2. The highest BCUT2D eigenvalue weighted by Crippen LogP contribution is 2.40. The number of nitrogens with zero attached hydrogens (tertiary/aromatic N) is 2. The molecule has 0 aromatic heterocycles. The van der Waals surface area contributed by atoms with Crippen molar-refractivity contribution >= 4 is 0 Å². The molecule has 90 valence electrons. The quantitative estimate of drug-likeness (QED) is 0.718. The van der Waals surface area contributed by atoms with Gasteiger partial charge in [0, 0.05) is 13.1 Å². The molecular weight excluding hydrogens is 200 g/mol. The van der Waals surface area contributed by atoms with E-state index in [1.807, 2.05) is 0 Å². The smallest absolute Gasteiger partial charge is 0.112 e. The van der Waals surface area contributed by atoms with Crippen LogP contribution in [0.5, 0.6) is 0 Å². The molecule has 1 aliphatic heterocycles. The van der Waals surface area contributed by atoms with E-state index in [4.69, 9.17) is 4.74 Å². The van der Waals surface area contributed by atoms with Crippen molar-refractivity contribution in [3.05, 3.63) is 0 Å². The monoisotopic (exact) mass is 222 g/mol. The van der Waals surface area contributed by atoms with Gasteiger partial charge in [0.25, 0.3) is 0 Å². The molecule has 1 saturated carbocycles. The third-order valence-corrected chi connectivity index (χ3v) is 4.30. The van der Waals surface area contributed by atoms with Crippen molar-refractivity contribution in [1.29, 1.82) is 5.26 Å². The maximum Gasteiger partial charge on any atom is 0.112 e. The maximum absolute atomic E-state index is 9.66. The van der Waals surface area contributed by atoms with Crippen LogP contribution in [0.3, 0.4) is 0 Å². The van der Waals surface area contributed by atoms with Crippen LogP contribution in [0.25, 0.3) is 0 Å². The standard InChI is InChI=1S/C13H22N2O/c1-2-12-5-3-4-6-13(12,11-14)15-7-9-16-10-8-15/h12H,2-10H2,1H3. The summed E-state index contributed by atoms with van der Waals surface area (Å²) in [7, 11) is 0. The number of morpholine rings is 1. The first-order chi connectivity index (χ1) is 7.83. The van der Waals surface area contributed by atoms with Gasteiger partial charge in [-0.05, 0) is 18.8 Å². The average molecular weight is 222 g/mol. The van der Waals surface area contributed by atoms with Crippen LogP contribution in [0.2, 0.25) is 0 Å². The van der Waals surface area contributed by atoms with Crippen LogP contribution in [0.4, 0.5) is 0 Å². The number of nitriles is 1. The van der Waals surface area contributed by atoms with Crippen LogP contribution in [-0.4, -0.2) is 36.7 Å². The predicted octanol–water partition coefficient (Wildman–Crippen LogP) is 2.18. The van der Waals surface area contributed by atoms with Crippen LogP contribution in [0.15, 0.2) is 0 Å². The normalized spacial score (nSPS) is 36.9. The Hall–Kier alpha value is -0.590. The van der Waals surface area contributed by atoms with Gasteiger partial charge in [-0.1, -0.05) is 26.2 Å². The Morgan fingerprint density at radius 1 is 1.38 bits per heavy atom. The van der Waals surface area contributed by atoms with E-state index in [2.05, 4.69) is 17.9 Å². The van der Waals surface area contributed by atoms with Gasteiger partial charge >= 0.3 is 0 Å². The van der Waals surface area contributed by atoms with Crippen molar-refractivity contribution in [3.63, 3.8) is 0 Å². The average Bonchev–Trinajstić information content (AvgIpc) is 2.39. The molecule has 0 spiro atoms. The Kier molecular flexibility index (Phi) is 3.83. The van der Waals surface area contributed by atoms with E-state index in [0.29, 0.717) is 5.92 Å².